The SMILES string of the molecule is CNC(=O)C(C)N(Cc1cccc(OC)c1)C(=O)CN(c1cccc(Br)c1)S(=O)(=O)c1ccccc1. The summed E-state index contributed by atoms with van der Waals surface area (Å²) in [6.45, 7) is 1.19. The molecule has 8 nitrogen and oxygen atoms in total. The van der Waals surface area contributed by atoms with Crippen LogP contribution in [0.25, 0.3) is 0 Å². The Morgan fingerprint density at radius 3 is 2.33 bits per heavy atom. The van der Waals surface area contributed by atoms with Crippen molar-refractivity contribution in [1.82, 2.24) is 10.2 Å². The number of nitrogens with zero attached hydrogens (tertiary/aromatic N) is 2. The van der Waals surface area contributed by atoms with Gasteiger partial charge < -0.3 is 15.0 Å². The van der Waals surface area contributed by atoms with E-state index in [9.17, 15) is 18.0 Å². The Morgan fingerprint density at radius 2 is 1.69 bits per heavy atom. The number of likely N-dealkylation sites (N-methyl/N-ethyl adjacent to an activating group) is 1. The molecule has 3 aromatic rings. The molecule has 0 radical (unpaired) electrons. The molecule has 3 aromatic carbocycles. The Balaban J connectivity index is 2.02. The van der Waals surface area contributed by atoms with Crippen molar-refractivity contribution in [2.24, 2.45) is 0 Å². The zero-order valence-electron chi connectivity index (χ0n) is 20.2. The van der Waals surface area contributed by atoms with Gasteiger partial charge in [-0.2, -0.15) is 0 Å². The Kier molecular flexibility index (Phi) is 9.11. The summed E-state index contributed by atoms with van der Waals surface area (Å²) in [6, 6.07) is 20.9. The van der Waals surface area contributed by atoms with Gasteiger partial charge in [0.2, 0.25) is 11.8 Å². The number of nitrogens with one attached hydrogen (secondary N) is 1. The Morgan fingerprint density at radius 1 is 1.00 bits per heavy atom. The first-order valence-corrected chi connectivity index (χ1v) is 13.4. The summed E-state index contributed by atoms with van der Waals surface area (Å²) in [7, 11) is -1.06. The average molecular weight is 574 g/mol. The number of sulfonamides is 1. The predicted molar refractivity (Wildman–Crippen MR) is 142 cm³/mol. The second kappa shape index (κ2) is 12.0. The first-order valence-electron chi connectivity index (χ1n) is 11.1. The first-order chi connectivity index (χ1) is 17.2. The van der Waals surface area contributed by atoms with Crippen LogP contribution in [0.3, 0.4) is 0 Å². The van der Waals surface area contributed by atoms with Gasteiger partial charge in [-0.15, -0.1) is 0 Å². The third-order valence-corrected chi connectivity index (χ3v) is 7.89. The highest BCUT2D eigenvalue weighted by Gasteiger charge is 2.32. The van der Waals surface area contributed by atoms with Crippen molar-refractivity contribution >= 4 is 43.5 Å². The molecule has 0 aliphatic heterocycles. The topological polar surface area (TPSA) is 96.0 Å². The van der Waals surface area contributed by atoms with E-state index in [1.165, 1.54) is 24.1 Å². The fraction of sp³-hybridized carbons (Fsp3) is 0.231. The maximum Gasteiger partial charge on any atom is 0.264 e. The van der Waals surface area contributed by atoms with Gasteiger partial charge in [-0.3, -0.25) is 13.9 Å². The fourth-order valence-corrected chi connectivity index (χ4v) is 5.45. The van der Waals surface area contributed by atoms with Gasteiger partial charge in [0.25, 0.3) is 10.0 Å². The van der Waals surface area contributed by atoms with E-state index in [1.54, 1.807) is 74.7 Å². The van der Waals surface area contributed by atoms with E-state index in [2.05, 4.69) is 21.2 Å². The van der Waals surface area contributed by atoms with Gasteiger partial charge in [0.1, 0.15) is 18.3 Å². The molecule has 1 N–H and O–H groups in total. The Labute approximate surface area is 220 Å². The number of halogens is 1. The van der Waals surface area contributed by atoms with Gasteiger partial charge in [0.15, 0.2) is 0 Å². The molecule has 0 heterocycles. The summed E-state index contributed by atoms with van der Waals surface area (Å²) in [5.41, 5.74) is 1.05. The van der Waals surface area contributed by atoms with Crippen LogP contribution in [-0.4, -0.2) is 51.9 Å². The number of ether oxygens (including phenoxy) is 1. The standard InChI is InChI=1S/C26H28BrN3O5S/c1-19(26(32)28-2)29(17-20-9-7-12-23(15-20)35-3)25(31)18-30(22-11-8-10-21(27)16-22)36(33,34)24-13-5-4-6-14-24/h4-16,19H,17-18H2,1-3H3,(H,28,32). The van der Waals surface area contributed by atoms with Crippen LogP contribution in [0.2, 0.25) is 0 Å². The van der Waals surface area contributed by atoms with Crippen molar-refractivity contribution in [3.63, 3.8) is 0 Å². The number of anilines is 1. The average Bonchev–Trinajstić information content (AvgIpc) is 2.89. The number of hydrogen-bond donors (Lipinski definition) is 1. The Hall–Kier alpha value is -3.37. The van der Waals surface area contributed by atoms with Crippen molar-refractivity contribution < 1.29 is 22.7 Å². The minimum Gasteiger partial charge on any atom is -0.497 e. The second-order valence-electron chi connectivity index (χ2n) is 7.97. The maximum absolute atomic E-state index is 13.7. The van der Waals surface area contributed by atoms with E-state index in [0.29, 0.717) is 15.9 Å². The molecule has 0 aromatic heterocycles. The number of amides is 2. The highest BCUT2D eigenvalue weighted by molar-refractivity contribution is 9.10. The van der Waals surface area contributed by atoms with Crippen LogP contribution in [0.4, 0.5) is 5.69 Å². The van der Waals surface area contributed by atoms with Crippen molar-refractivity contribution in [2.75, 3.05) is 25.0 Å². The first kappa shape index (κ1) is 27.2. The van der Waals surface area contributed by atoms with E-state index in [0.717, 1.165) is 9.87 Å². The number of hydrogen-bond acceptors (Lipinski definition) is 5. The molecule has 2 amide bonds. The molecule has 10 heteroatoms. The number of rotatable bonds is 10. The second-order valence-corrected chi connectivity index (χ2v) is 10.7. The summed E-state index contributed by atoms with van der Waals surface area (Å²) < 4.78 is 34.3. The lowest BCUT2D eigenvalue weighted by Crippen LogP contribution is -2.50. The quantitative estimate of drug-likeness (QED) is 0.398. The van der Waals surface area contributed by atoms with Crippen LogP contribution >= 0.6 is 15.9 Å². The van der Waals surface area contributed by atoms with Crippen molar-refractivity contribution in [2.45, 2.75) is 24.4 Å². The van der Waals surface area contributed by atoms with Crippen molar-refractivity contribution in [3.05, 3.63) is 88.9 Å². The number of methoxy groups -OCH3 is 1. The molecule has 0 spiro atoms. The fourth-order valence-electron chi connectivity index (χ4n) is 3.64. The summed E-state index contributed by atoms with van der Waals surface area (Å²) in [5, 5.41) is 2.56. The van der Waals surface area contributed by atoms with Gasteiger partial charge in [-0.1, -0.05) is 52.3 Å². The minimum atomic E-state index is -4.09. The van der Waals surface area contributed by atoms with E-state index >= 15 is 0 Å². The van der Waals surface area contributed by atoms with Crippen LogP contribution in [0.1, 0.15) is 12.5 Å². The van der Waals surface area contributed by atoms with Crippen molar-refractivity contribution in [3.8, 4) is 5.75 Å². The molecule has 36 heavy (non-hydrogen) atoms. The molecule has 0 aliphatic rings. The van der Waals surface area contributed by atoms with Crippen LogP contribution < -0.4 is 14.4 Å². The molecule has 1 atom stereocenters. The van der Waals surface area contributed by atoms with Crippen LogP contribution in [0.15, 0.2) is 88.2 Å². The molecule has 1 unspecified atom stereocenters. The van der Waals surface area contributed by atoms with Crippen LogP contribution in [0.5, 0.6) is 5.75 Å². The number of carbonyl (C=O) groups is 2. The minimum absolute atomic E-state index is 0.0523. The van der Waals surface area contributed by atoms with Crippen LogP contribution in [-0.2, 0) is 26.2 Å². The maximum atomic E-state index is 13.7. The van der Waals surface area contributed by atoms with E-state index in [-0.39, 0.29) is 17.3 Å². The highest BCUT2D eigenvalue weighted by Crippen LogP contribution is 2.27. The molecule has 0 saturated heterocycles. The normalized spacial score (nSPS) is 11.9. The smallest absolute Gasteiger partial charge is 0.264 e. The molecule has 3 rings (SSSR count). The lowest BCUT2D eigenvalue weighted by molar-refractivity contribution is -0.139. The van der Waals surface area contributed by atoms with E-state index in [4.69, 9.17) is 4.74 Å². The summed E-state index contributed by atoms with van der Waals surface area (Å²) in [5.74, 6) is -0.297. The van der Waals surface area contributed by atoms with E-state index < -0.39 is 28.5 Å². The highest BCUT2D eigenvalue weighted by atomic mass is 79.9. The van der Waals surface area contributed by atoms with Gasteiger partial charge in [-0.25, -0.2) is 8.42 Å². The molecule has 0 fully saturated rings. The molecular formula is C26H28BrN3O5S. The van der Waals surface area contributed by atoms with Gasteiger partial charge >= 0.3 is 0 Å². The van der Waals surface area contributed by atoms with Gasteiger partial charge in [-0.05, 0) is 55.0 Å². The lowest BCUT2D eigenvalue weighted by Gasteiger charge is -2.31. The number of benzene rings is 3. The monoisotopic (exact) mass is 573 g/mol. The molecule has 0 bridgehead atoms. The zero-order valence-corrected chi connectivity index (χ0v) is 22.6. The lowest BCUT2D eigenvalue weighted by atomic mass is 10.1. The van der Waals surface area contributed by atoms with E-state index in [1.807, 2.05) is 6.07 Å². The molecular weight excluding hydrogens is 546 g/mol. The molecule has 0 saturated carbocycles. The zero-order chi connectivity index (χ0) is 26.3. The third-order valence-electron chi connectivity index (χ3n) is 5.61. The Bertz CT molecular complexity index is 1320. The van der Waals surface area contributed by atoms with Gasteiger partial charge in [0.05, 0.1) is 17.7 Å². The number of carbonyl (C=O) groups excluding carboxylic acids is 2. The summed E-state index contributed by atoms with van der Waals surface area (Å²) >= 11 is 3.38. The largest absolute Gasteiger partial charge is 0.497 e. The predicted octanol–water partition coefficient (Wildman–Crippen LogP) is 3.82. The van der Waals surface area contributed by atoms with Crippen molar-refractivity contribution in [1.29, 1.82) is 0 Å². The molecule has 0 aliphatic carbocycles. The van der Waals surface area contributed by atoms with Gasteiger partial charge in [0, 0.05) is 18.1 Å². The van der Waals surface area contributed by atoms with Crippen LogP contribution in [0, 0.1) is 0 Å². The summed E-state index contributed by atoms with van der Waals surface area (Å²) in [6.07, 6.45) is 0. The third kappa shape index (κ3) is 6.44. The summed E-state index contributed by atoms with van der Waals surface area (Å²) in [4.78, 5) is 27.6. The molecule has 190 valence electrons.